The molecule has 10 nitrogen and oxygen atoms in total. The fourth-order valence-corrected chi connectivity index (χ4v) is 3.21. The summed E-state index contributed by atoms with van der Waals surface area (Å²) in [5.74, 6) is 0.322. The highest BCUT2D eigenvalue weighted by Crippen LogP contribution is 2.22. The number of nitrogens with zero attached hydrogens (tertiary/aromatic N) is 3. The van der Waals surface area contributed by atoms with Crippen LogP contribution in [-0.4, -0.2) is 51.2 Å². The number of hydrogen-bond acceptors (Lipinski definition) is 7. The van der Waals surface area contributed by atoms with Crippen LogP contribution >= 0.6 is 23.2 Å². The largest absolute Gasteiger partial charge is 0.444 e. The fourth-order valence-electron chi connectivity index (χ4n) is 2.89. The number of amides is 1. The minimum absolute atomic E-state index is 0.301. The van der Waals surface area contributed by atoms with Gasteiger partial charge in [0.1, 0.15) is 11.1 Å². The van der Waals surface area contributed by atoms with Gasteiger partial charge in [-0.3, -0.25) is 14.5 Å². The molecule has 0 saturated heterocycles. The van der Waals surface area contributed by atoms with E-state index in [9.17, 15) is 9.59 Å². The van der Waals surface area contributed by atoms with E-state index in [4.69, 9.17) is 32.7 Å². The van der Waals surface area contributed by atoms with Crippen molar-refractivity contribution >= 4 is 46.3 Å². The van der Waals surface area contributed by atoms with Crippen molar-refractivity contribution in [3.8, 4) is 0 Å². The summed E-state index contributed by atoms with van der Waals surface area (Å²) in [6.45, 7) is 7.07. The van der Waals surface area contributed by atoms with Crippen LogP contribution in [0.4, 0.5) is 10.7 Å². The molecule has 0 spiro atoms. The minimum Gasteiger partial charge on any atom is -0.444 e. The number of ether oxygens (including phenoxy) is 2. The number of carbonyl (C=O) groups excluding carboxylic acids is 1. The Morgan fingerprint density at radius 3 is 2.73 bits per heavy atom. The zero-order valence-electron chi connectivity index (χ0n) is 18.6. The van der Waals surface area contributed by atoms with Crippen LogP contribution in [-0.2, 0) is 22.6 Å². The zero-order valence-corrected chi connectivity index (χ0v) is 20.1. The van der Waals surface area contributed by atoms with Gasteiger partial charge in [-0.25, -0.2) is 9.78 Å². The van der Waals surface area contributed by atoms with Gasteiger partial charge >= 0.3 is 6.09 Å². The van der Waals surface area contributed by atoms with E-state index in [1.54, 1.807) is 32.9 Å². The van der Waals surface area contributed by atoms with E-state index in [-0.39, 0.29) is 5.56 Å². The Morgan fingerprint density at radius 2 is 2.00 bits per heavy atom. The predicted molar refractivity (Wildman–Crippen MR) is 127 cm³/mol. The van der Waals surface area contributed by atoms with Crippen LogP contribution in [0.3, 0.4) is 0 Å². The Hall–Kier alpha value is -2.82. The number of hydrogen-bond donors (Lipinski definition) is 3. The third-order valence-corrected chi connectivity index (χ3v) is 5.04. The molecule has 3 N–H and O–H groups in total. The van der Waals surface area contributed by atoms with Gasteiger partial charge in [-0.1, -0.05) is 29.3 Å². The summed E-state index contributed by atoms with van der Waals surface area (Å²) in [7, 11) is 0. The monoisotopic (exact) mass is 496 g/mol. The Kier molecular flexibility index (Phi) is 8.17. The molecule has 3 aromatic rings. The summed E-state index contributed by atoms with van der Waals surface area (Å²) in [5, 5.41) is 10.8. The maximum absolute atomic E-state index is 12.6. The first-order chi connectivity index (χ1) is 15.6. The molecule has 1 aromatic carbocycles. The molecule has 1 amide bonds. The summed E-state index contributed by atoms with van der Waals surface area (Å²) in [6.07, 6.45) is 1.03. The molecule has 0 fully saturated rings. The highest BCUT2D eigenvalue weighted by molar-refractivity contribution is 6.42. The Balaban J connectivity index is 1.50. The van der Waals surface area contributed by atoms with Crippen molar-refractivity contribution in [2.24, 2.45) is 0 Å². The number of halogens is 2. The number of alkyl carbamates (subject to hydrolysis) is 1. The second kappa shape index (κ2) is 10.9. The maximum atomic E-state index is 12.6. The van der Waals surface area contributed by atoms with Crippen LogP contribution in [0.1, 0.15) is 26.3 Å². The van der Waals surface area contributed by atoms with Gasteiger partial charge in [-0.2, -0.15) is 5.10 Å². The summed E-state index contributed by atoms with van der Waals surface area (Å²) in [4.78, 5) is 31.3. The van der Waals surface area contributed by atoms with Gasteiger partial charge in [0.2, 0.25) is 5.95 Å². The molecule has 0 saturated carbocycles. The van der Waals surface area contributed by atoms with Crippen molar-refractivity contribution < 1.29 is 14.3 Å². The number of fused-ring (bicyclic) bond motifs is 1. The van der Waals surface area contributed by atoms with Gasteiger partial charge in [-0.15, -0.1) is 0 Å². The van der Waals surface area contributed by atoms with Crippen LogP contribution in [0, 0.1) is 0 Å². The molecule has 3 rings (SSSR count). The van der Waals surface area contributed by atoms with E-state index >= 15 is 0 Å². The first-order valence-corrected chi connectivity index (χ1v) is 11.1. The van der Waals surface area contributed by atoms with Crippen molar-refractivity contribution in [1.82, 2.24) is 25.1 Å². The van der Waals surface area contributed by atoms with Gasteiger partial charge in [-0.05, 0) is 38.5 Å². The Labute approximate surface area is 200 Å². The second-order valence-electron chi connectivity index (χ2n) is 8.16. The molecule has 0 bridgehead atoms. The quantitative estimate of drug-likeness (QED) is 0.386. The molecular formula is C21H26Cl2N6O4. The number of aromatic amines is 1. The smallest absolute Gasteiger partial charge is 0.407 e. The van der Waals surface area contributed by atoms with Crippen molar-refractivity contribution in [1.29, 1.82) is 0 Å². The Bertz CT molecular complexity index is 1170. The molecule has 0 aliphatic rings. The average Bonchev–Trinajstić information content (AvgIpc) is 3.13. The molecule has 33 heavy (non-hydrogen) atoms. The topological polar surface area (TPSA) is 123 Å². The lowest BCUT2D eigenvalue weighted by Crippen LogP contribution is -2.34. The highest BCUT2D eigenvalue weighted by Gasteiger charge is 2.15. The van der Waals surface area contributed by atoms with Gasteiger partial charge in [0.25, 0.3) is 5.56 Å². The lowest BCUT2D eigenvalue weighted by Gasteiger charge is -2.19. The van der Waals surface area contributed by atoms with Crippen molar-refractivity contribution in [2.45, 2.75) is 39.5 Å². The van der Waals surface area contributed by atoms with Crippen LogP contribution in [0.15, 0.2) is 29.2 Å². The van der Waals surface area contributed by atoms with E-state index in [0.717, 1.165) is 5.56 Å². The van der Waals surface area contributed by atoms with Crippen LogP contribution in [0.5, 0.6) is 0 Å². The van der Waals surface area contributed by atoms with E-state index in [0.29, 0.717) is 59.9 Å². The van der Waals surface area contributed by atoms with Crippen molar-refractivity contribution in [3.05, 3.63) is 50.4 Å². The molecule has 0 aliphatic heterocycles. The molecule has 178 valence electrons. The van der Waals surface area contributed by atoms with E-state index in [1.165, 1.54) is 10.9 Å². The SMILES string of the molecule is CC(C)(C)OC(=O)NCCOCCn1ncc2nc(NCc3ccc(Cl)c(Cl)c3)[nH]c(=O)c21. The summed E-state index contributed by atoms with van der Waals surface area (Å²) in [5.41, 5.74) is 0.834. The number of rotatable bonds is 9. The number of nitrogens with one attached hydrogen (secondary N) is 3. The third kappa shape index (κ3) is 7.34. The van der Waals surface area contributed by atoms with Crippen LogP contribution < -0.4 is 16.2 Å². The molecule has 2 heterocycles. The number of benzene rings is 1. The van der Waals surface area contributed by atoms with Gasteiger partial charge < -0.3 is 20.1 Å². The third-order valence-electron chi connectivity index (χ3n) is 4.31. The normalized spacial score (nSPS) is 11.5. The maximum Gasteiger partial charge on any atom is 0.407 e. The number of aromatic nitrogens is 4. The summed E-state index contributed by atoms with van der Waals surface area (Å²) in [6, 6.07) is 5.29. The van der Waals surface area contributed by atoms with E-state index < -0.39 is 11.7 Å². The first kappa shape index (κ1) is 24.8. The second-order valence-corrected chi connectivity index (χ2v) is 8.97. The fraction of sp³-hybridized carbons (Fsp3) is 0.429. The van der Waals surface area contributed by atoms with E-state index in [2.05, 4.69) is 25.7 Å². The van der Waals surface area contributed by atoms with Crippen molar-refractivity contribution in [3.63, 3.8) is 0 Å². The molecular weight excluding hydrogens is 471 g/mol. The standard InChI is InChI=1S/C21H26Cl2N6O4/c1-21(2,3)33-20(31)24-6-8-32-9-7-29-17-16(12-26-29)27-19(28-18(17)30)25-11-13-4-5-14(22)15(23)10-13/h4-5,10,12H,6-9,11H2,1-3H3,(H,24,31)(H2,25,27,28,30). The number of H-pyrrole nitrogens is 1. The zero-order chi connectivity index (χ0) is 24.0. The minimum atomic E-state index is -0.549. The lowest BCUT2D eigenvalue weighted by atomic mass is 10.2. The highest BCUT2D eigenvalue weighted by atomic mass is 35.5. The van der Waals surface area contributed by atoms with E-state index in [1.807, 2.05) is 6.07 Å². The predicted octanol–water partition coefficient (Wildman–Crippen LogP) is 3.58. The lowest BCUT2D eigenvalue weighted by molar-refractivity contribution is 0.0496. The molecule has 0 aliphatic carbocycles. The summed E-state index contributed by atoms with van der Waals surface area (Å²) < 4.78 is 12.2. The number of anilines is 1. The number of carbonyl (C=O) groups is 1. The molecule has 0 radical (unpaired) electrons. The molecule has 0 atom stereocenters. The summed E-state index contributed by atoms with van der Waals surface area (Å²) >= 11 is 12.0. The molecule has 0 unspecified atom stereocenters. The molecule has 12 heteroatoms. The Morgan fingerprint density at radius 1 is 1.21 bits per heavy atom. The van der Waals surface area contributed by atoms with Gasteiger partial charge in [0, 0.05) is 13.1 Å². The van der Waals surface area contributed by atoms with Crippen molar-refractivity contribution in [2.75, 3.05) is 25.1 Å². The molecule has 2 aromatic heterocycles. The van der Waals surface area contributed by atoms with Gasteiger partial charge in [0.05, 0.1) is 36.0 Å². The van der Waals surface area contributed by atoms with Crippen LogP contribution in [0.25, 0.3) is 11.0 Å². The average molecular weight is 497 g/mol. The van der Waals surface area contributed by atoms with Crippen LogP contribution in [0.2, 0.25) is 10.0 Å². The van der Waals surface area contributed by atoms with Gasteiger partial charge in [0.15, 0.2) is 5.52 Å². The first-order valence-electron chi connectivity index (χ1n) is 10.3.